The fraction of sp³-hybridized carbons (Fsp3) is 0.500. The SMILES string of the molecule is COC(=O)[C@@H](CC#C[Si](C)(C)C(C)(C)C)NC(=O)Cc1ccc(F)cc1. The molecule has 0 unspecified atom stereocenters. The summed E-state index contributed by atoms with van der Waals surface area (Å²) in [7, 11) is -0.504. The van der Waals surface area contributed by atoms with Crippen molar-refractivity contribution >= 4 is 20.0 Å². The minimum absolute atomic E-state index is 0.0590. The molecular weight excluding hydrogens is 349 g/mol. The second kappa shape index (κ2) is 8.99. The number of halogens is 1. The minimum Gasteiger partial charge on any atom is -0.467 e. The second-order valence-electron chi connectivity index (χ2n) is 7.83. The van der Waals surface area contributed by atoms with Gasteiger partial charge < -0.3 is 10.1 Å². The molecule has 0 spiro atoms. The van der Waals surface area contributed by atoms with Crippen molar-refractivity contribution in [1.29, 1.82) is 0 Å². The predicted octanol–water partition coefficient (Wildman–Crippen LogP) is 3.47. The molecule has 0 aromatic heterocycles. The summed E-state index contributed by atoms with van der Waals surface area (Å²) in [5.41, 5.74) is 3.99. The summed E-state index contributed by atoms with van der Waals surface area (Å²) in [6.07, 6.45) is 0.262. The molecule has 0 radical (unpaired) electrons. The lowest BCUT2D eigenvalue weighted by Crippen LogP contribution is -2.42. The lowest BCUT2D eigenvalue weighted by atomic mass is 10.1. The Morgan fingerprint density at radius 3 is 2.31 bits per heavy atom. The van der Waals surface area contributed by atoms with Crippen LogP contribution in [0.25, 0.3) is 0 Å². The summed E-state index contributed by atoms with van der Waals surface area (Å²) >= 11 is 0. The van der Waals surface area contributed by atoms with Crippen molar-refractivity contribution in [2.24, 2.45) is 0 Å². The van der Waals surface area contributed by atoms with Crippen LogP contribution in [0.15, 0.2) is 24.3 Å². The first-order chi connectivity index (χ1) is 12.0. The van der Waals surface area contributed by atoms with Gasteiger partial charge in [0.05, 0.1) is 13.5 Å². The predicted molar refractivity (Wildman–Crippen MR) is 104 cm³/mol. The maximum atomic E-state index is 12.9. The average Bonchev–Trinajstić information content (AvgIpc) is 2.54. The van der Waals surface area contributed by atoms with Crippen molar-refractivity contribution in [1.82, 2.24) is 5.32 Å². The molecule has 0 aliphatic carbocycles. The van der Waals surface area contributed by atoms with Crippen LogP contribution in [0, 0.1) is 17.3 Å². The molecule has 1 rings (SSSR count). The van der Waals surface area contributed by atoms with Gasteiger partial charge >= 0.3 is 5.97 Å². The number of esters is 1. The van der Waals surface area contributed by atoms with Crippen LogP contribution in [-0.4, -0.2) is 33.1 Å². The minimum atomic E-state index is -1.78. The van der Waals surface area contributed by atoms with Gasteiger partial charge in [-0.1, -0.05) is 46.0 Å². The van der Waals surface area contributed by atoms with E-state index >= 15 is 0 Å². The van der Waals surface area contributed by atoms with Crippen LogP contribution < -0.4 is 5.32 Å². The number of carbonyl (C=O) groups excluding carboxylic acids is 2. The first kappa shape index (κ1) is 21.9. The van der Waals surface area contributed by atoms with E-state index in [-0.39, 0.29) is 29.6 Å². The number of nitrogens with one attached hydrogen (secondary N) is 1. The van der Waals surface area contributed by atoms with Gasteiger partial charge in [-0.2, -0.15) is 0 Å². The Labute approximate surface area is 156 Å². The Hall–Kier alpha value is -2.13. The molecule has 0 saturated heterocycles. The molecule has 1 amide bonds. The number of rotatable bonds is 5. The third-order valence-electron chi connectivity index (χ3n) is 4.68. The number of benzene rings is 1. The molecule has 1 aromatic carbocycles. The number of methoxy groups -OCH3 is 1. The van der Waals surface area contributed by atoms with Crippen LogP contribution in [0.5, 0.6) is 0 Å². The maximum Gasteiger partial charge on any atom is 0.329 e. The zero-order valence-electron chi connectivity index (χ0n) is 16.4. The van der Waals surface area contributed by atoms with E-state index in [1.165, 1.54) is 19.2 Å². The Morgan fingerprint density at radius 1 is 1.23 bits per heavy atom. The third kappa shape index (κ3) is 6.64. The van der Waals surface area contributed by atoms with E-state index in [1.54, 1.807) is 12.1 Å². The molecular formula is C20H28FNO3Si. The third-order valence-corrected chi connectivity index (χ3v) is 9.23. The molecule has 1 atom stereocenters. The van der Waals surface area contributed by atoms with Gasteiger partial charge in [-0.25, -0.2) is 9.18 Å². The Balaban J connectivity index is 2.77. The van der Waals surface area contributed by atoms with E-state index in [0.29, 0.717) is 5.56 Å². The van der Waals surface area contributed by atoms with Crippen molar-refractivity contribution in [2.45, 2.75) is 57.8 Å². The topological polar surface area (TPSA) is 55.4 Å². The van der Waals surface area contributed by atoms with Crippen molar-refractivity contribution in [3.63, 3.8) is 0 Å². The number of hydrogen-bond acceptors (Lipinski definition) is 3. The zero-order valence-corrected chi connectivity index (χ0v) is 17.4. The van der Waals surface area contributed by atoms with Crippen LogP contribution in [0.3, 0.4) is 0 Å². The largest absolute Gasteiger partial charge is 0.467 e. The number of ether oxygens (including phenoxy) is 1. The van der Waals surface area contributed by atoms with E-state index in [0.717, 1.165) is 0 Å². The molecule has 0 heterocycles. The fourth-order valence-corrected chi connectivity index (χ4v) is 2.85. The molecule has 26 heavy (non-hydrogen) atoms. The molecule has 0 aliphatic rings. The monoisotopic (exact) mass is 377 g/mol. The van der Waals surface area contributed by atoms with Gasteiger partial charge in [-0.05, 0) is 22.7 Å². The summed E-state index contributed by atoms with van der Waals surface area (Å²) in [4.78, 5) is 24.1. The molecule has 6 heteroatoms. The number of amides is 1. The first-order valence-corrected chi connectivity index (χ1v) is 11.6. The lowest BCUT2D eigenvalue weighted by molar-refractivity contribution is -0.144. The van der Waals surface area contributed by atoms with Crippen molar-refractivity contribution < 1.29 is 18.7 Å². The van der Waals surface area contributed by atoms with Crippen LogP contribution in [-0.2, 0) is 20.7 Å². The molecule has 1 N–H and O–H groups in total. The Kier molecular flexibility index (Phi) is 7.58. The Bertz CT molecular complexity index is 696. The van der Waals surface area contributed by atoms with Crippen molar-refractivity contribution in [2.75, 3.05) is 7.11 Å². The van der Waals surface area contributed by atoms with Crippen LogP contribution in [0.4, 0.5) is 4.39 Å². The van der Waals surface area contributed by atoms with E-state index < -0.39 is 20.1 Å². The number of hydrogen-bond donors (Lipinski definition) is 1. The summed E-state index contributed by atoms with van der Waals surface area (Å²) < 4.78 is 17.7. The standard InChI is InChI=1S/C20H28FNO3Si/c1-20(2,3)26(5,6)13-7-8-17(19(24)25-4)22-18(23)14-15-9-11-16(21)12-10-15/h9-12,17H,8,14H2,1-6H3,(H,22,23)/t17-/m1/s1. The molecule has 0 bridgehead atoms. The first-order valence-electron chi connectivity index (χ1n) is 8.58. The average molecular weight is 378 g/mol. The highest BCUT2D eigenvalue weighted by Gasteiger charge is 2.33. The number of carbonyl (C=O) groups is 2. The molecule has 0 fully saturated rings. The highest BCUT2D eigenvalue weighted by atomic mass is 28.3. The van der Waals surface area contributed by atoms with Crippen LogP contribution in [0.1, 0.15) is 32.8 Å². The van der Waals surface area contributed by atoms with Crippen LogP contribution in [0.2, 0.25) is 18.1 Å². The van der Waals surface area contributed by atoms with Crippen molar-refractivity contribution in [3.05, 3.63) is 35.6 Å². The van der Waals surface area contributed by atoms with E-state index in [1.807, 2.05) is 0 Å². The molecule has 142 valence electrons. The second-order valence-corrected chi connectivity index (χ2v) is 12.8. The van der Waals surface area contributed by atoms with Crippen molar-refractivity contribution in [3.8, 4) is 11.5 Å². The molecule has 1 aromatic rings. The van der Waals surface area contributed by atoms with Gasteiger partial charge in [0.25, 0.3) is 0 Å². The van der Waals surface area contributed by atoms with E-state index in [2.05, 4.69) is 50.6 Å². The lowest BCUT2D eigenvalue weighted by Gasteiger charge is -2.31. The van der Waals surface area contributed by atoms with Gasteiger partial charge in [0, 0.05) is 6.42 Å². The molecule has 0 aliphatic heterocycles. The van der Waals surface area contributed by atoms with Gasteiger partial charge in [0.2, 0.25) is 5.91 Å². The summed E-state index contributed by atoms with van der Waals surface area (Å²) in [6.45, 7) is 10.9. The van der Waals surface area contributed by atoms with Gasteiger partial charge in [0.1, 0.15) is 19.9 Å². The quantitative estimate of drug-likeness (QED) is 0.486. The summed E-state index contributed by atoms with van der Waals surface area (Å²) in [6, 6.07) is 4.86. The maximum absolute atomic E-state index is 12.9. The Morgan fingerprint density at radius 2 is 1.81 bits per heavy atom. The summed E-state index contributed by atoms with van der Waals surface area (Å²) in [5.74, 6) is 1.85. The fourth-order valence-electron chi connectivity index (χ4n) is 1.93. The highest BCUT2D eigenvalue weighted by Crippen LogP contribution is 2.35. The smallest absolute Gasteiger partial charge is 0.329 e. The van der Waals surface area contributed by atoms with E-state index in [4.69, 9.17) is 4.74 Å². The van der Waals surface area contributed by atoms with Gasteiger partial charge in [0.15, 0.2) is 0 Å². The molecule has 4 nitrogen and oxygen atoms in total. The van der Waals surface area contributed by atoms with Gasteiger partial charge in [-0.15, -0.1) is 11.5 Å². The molecule has 0 saturated carbocycles. The highest BCUT2D eigenvalue weighted by molar-refractivity contribution is 6.87. The van der Waals surface area contributed by atoms with E-state index in [9.17, 15) is 14.0 Å². The zero-order chi connectivity index (χ0) is 20.0. The van der Waals surface area contributed by atoms with Crippen LogP contribution >= 0.6 is 0 Å². The van der Waals surface area contributed by atoms with Gasteiger partial charge in [-0.3, -0.25) is 4.79 Å². The summed E-state index contributed by atoms with van der Waals surface area (Å²) in [5, 5.41) is 2.78. The normalized spacial score (nSPS) is 12.6.